The quantitative estimate of drug-likeness (QED) is 0.479. The van der Waals surface area contributed by atoms with Gasteiger partial charge in [-0.2, -0.15) is 0 Å². The molecule has 0 spiro atoms. The van der Waals surface area contributed by atoms with Crippen molar-refractivity contribution >= 4 is 39.4 Å². The Hall–Kier alpha value is -3.19. The van der Waals surface area contributed by atoms with Gasteiger partial charge in [-0.1, -0.05) is 30.3 Å². The molecule has 4 rings (SSSR count). The number of pyridine rings is 1. The fourth-order valence-electron chi connectivity index (χ4n) is 4.09. The van der Waals surface area contributed by atoms with Crippen molar-refractivity contribution in [1.82, 2.24) is 9.88 Å². The fourth-order valence-corrected chi connectivity index (χ4v) is 4.26. The number of hydrogen-bond donors (Lipinski definition) is 1. The van der Waals surface area contributed by atoms with Gasteiger partial charge in [0.15, 0.2) is 11.5 Å². The number of anilines is 2. The van der Waals surface area contributed by atoms with E-state index < -0.39 is 5.37 Å². The summed E-state index contributed by atoms with van der Waals surface area (Å²) in [5.74, 6) is 1.97. The maximum atomic E-state index is 11.5. The van der Waals surface area contributed by atoms with Crippen LogP contribution in [0.15, 0.2) is 42.5 Å². The molecule has 0 saturated carbocycles. The van der Waals surface area contributed by atoms with E-state index in [4.69, 9.17) is 31.8 Å². The lowest BCUT2D eigenvalue weighted by atomic mass is 9.97. The Morgan fingerprint density at radius 3 is 2.52 bits per heavy atom. The van der Waals surface area contributed by atoms with E-state index in [9.17, 15) is 4.79 Å². The van der Waals surface area contributed by atoms with Crippen molar-refractivity contribution in [3.05, 3.63) is 42.5 Å². The molecule has 0 atom stereocenters. The SMILES string of the molecule is COc1cc2nc(N3CCCN(C(=O)Cl)CC3)cc(N)c2c(-c2ccccc2)c1OC. The second kappa shape index (κ2) is 8.89. The van der Waals surface area contributed by atoms with Crippen molar-refractivity contribution in [2.45, 2.75) is 6.42 Å². The number of methoxy groups -OCH3 is 2. The summed E-state index contributed by atoms with van der Waals surface area (Å²) in [4.78, 5) is 20.2. The van der Waals surface area contributed by atoms with Crippen LogP contribution in [0, 0.1) is 0 Å². The molecule has 7 nitrogen and oxygen atoms in total. The minimum Gasteiger partial charge on any atom is -0.493 e. The molecule has 1 saturated heterocycles. The Morgan fingerprint density at radius 2 is 1.84 bits per heavy atom. The molecule has 1 aliphatic heterocycles. The maximum absolute atomic E-state index is 11.5. The molecule has 1 aliphatic rings. The molecule has 2 aromatic carbocycles. The van der Waals surface area contributed by atoms with Crippen LogP contribution in [-0.4, -0.2) is 55.6 Å². The van der Waals surface area contributed by atoms with Crippen LogP contribution in [-0.2, 0) is 0 Å². The third-order valence-corrected chi connectivity index (χ3v) is 5.83. The van der Waals surface area contributed by atoms with Gasteiger partial charge in [0.05, 0.1) is 19.7 Å². The minimum absolute atomic E-state index is 0.419. The topological polar surface area (TPSA) is 80.9 Å². The van der Waals surface area contributed by atoms with Gasteiger partial charge in [-0.25, -0.2) is 4.98 Å². The van der Waals surface area contributed by atoms with E-state index in [0.29, 0.717) is 36.8 Å². The highest BCUT2D eigenvalue weighted by atomic mass is 35.5. The normalized spacial score (nSPS) is 14.4. The second-order valence-corrected chi connectivity index (χ2v) is 7.72. The van der Waals surface area contributed by atoms with Crippen LogP contribution >= 0.6 is 11.6 Å². The van der Waals surface area contributed by atoms with Crippen molar-refractivity contribution in [1.29, 1.82) is 0 Å². The van der Waals surface area contributed by atoms with Gasteiger partial charge in [-0.05, 0) is 23.6 Å². The van der Waals surface area contributed by atoms with Gasteiger partial charge in [0.1, 0.15) is 5.82 Å². The molecule has 162 valence electrons. The van der Waals surface area contributed by atoms with E-state index in [0.717, 1.165) is 40.8 Å². The summed E-state index contributed by atoms with van der Waals surface area (Å²) in [7, 11) is 3.23. The molecule has 0 bridgehead atoms. The molecular weight excluding hydrogens is 416 g/mol. The Bertz CT molecular complexity index is 1110. The summed E-state index contributed by atoms with van der Waals surface area (Å²) < 4.78 is 11.3. The molecule has 2 heterocycles. The Balaban J connectivity index is 1.85. The second-order valence-electron chi connectivity index (χ2n) is 7.40. The summed E-state index contributed by atoms with van der Waals surface area (Å²) in [6.07, 6.45) is 0.805. The third kappa shape index (κ3) is 4.05. The number of nitrogens with two attached hydrogens (primary N) is 1. The summed E-state index contributed by atoms with van der Waals surface area (Å²) in [6.45, 7) is 2.57. The summed E-state index contributed by atoms with van der Waals surface area (Å²) >= 11 is 5.67. The highest BCUT2D eigenvalue weighted by Gasteiger charge is 2.23. The monoisotopic (exact) mass is 440 g/mol. The lowest BCUT2D eigenvalue weighted by Gasteiger charge is -2.24. The highest BCUT2D eigenvalue weighted by molar-refractivity contribution is 6.62. The van der Waals surface area contributed by atoms with Gasteiger partial charge in [0, 0.05) is 54.9 Å². The first-order valence-corrected chi connectivity index (χ1v) is 10.5. The maximum Gasteiger partial charge on any atom is 0.316 e. The van der Waals surface area contributed by atoms with Crippen LogP contribution in [0.2, 0.25) is 0 Å². The summed E-state index contributed by atoms with van der Waals surface area (Å²) in [5, 5.41) is 0.400. The lowest BCUT2D eigenvalue weighted by Crippen LogP contribution is -2.32. The molecule has 2 N–H and O–H groups in total. The Kier molecular flexibility index (Phi) is 6.04. The van der Waals surface area contributed by atoms with Crippen LogP contribution in [0.4, 0.5) is 16.3 Å². The lowest BCUT2D eigenvalue weighted by molar-refractivity contribution is 0.225. The number of benzene rings is 2. The van der Waals surface area contributed by atoms with E-state index >= 15 is 0 Å². The van der Waals surface area contributed by atoms with Gasteiger partial charge in [0.2, 0.25) is 0 Å². The number of amides is 1. The molecule has 31 heavy (non-hydrogen) atoms. The largest absolute Gasteiger partial charge is 0.493 e. The zero-order valence-corrected chi connectivity index (χ0v) is 18.4. The van der Waals surface area contributed by atoms with Crippen molar-refractivity contribution in [2.75, 3.05) is 51.0 Å². The Labute approximate surface area is 186 Å². The molecule has 3 aromatic rings. The first kappa shape index (κ1) is 21.1. The molecule has 0 radical (unpaired) electrons. The third-order valence-electron chi connectivity index (χ3n) is 5.59. The van der Waals surface area contributed by atoms with E-state index in [-0.39, 0.29) is 0 Å². The zero-order valence-electron chi connectivity index (χ0n) is 17.6. The summed E-state index contributed by atoms with van der Waals surface area (Å²) in [6, 6.07) is 13.7. The summed E-state index contributed by atoms with van der Waals surface area (Å²) in [5.41, 5.74) is 9.73. The number of carbonyl (C=O) groups excluding carboxylic acids is 1. The van der Waals surface area contributed by atoms with Crippen molar-refractivity contribution in [3.8, 4) is 22.6 Å². The predicted molar refractivity (Wildman–Crippen MR) is 124 cm³/mol. The predicted octanol–water partition coefficient (Wildman–Crippen LogP) is 4.37. The van der Waals surface area contributed by atoms with Crippen LogP contribution in [0.3, 0.4) is 0 Å². The van der Waals surface area contributed by atoms with Crippen molar-refractivity contribution in [3.63, 3.8) is 0 Å². The van der Waals surface area contributed by atoms with Gasteiger partial charge >= 0.3 is 5.37 Å². The molecule has 1 amide bonds. The number of fused-ring (bicyclic) bond motifs is 1. The number of nitrogens with zero attached hydrogens (tertiary/aromatic N) is 3. The van der Waals surface area contributed by atoms with Crippen LogP contribution in [0.5, 0.6) is 11.5 Å². The molecule has 0 unspecified atom stereocenters. The number of ether oxygens (including phenoxy) is 2. The smallest absolute Gasteiger partial charge is 0.316 e. The first-order valence-electron chi connectivity index (χ1n) is 10.1. The molecule has 0 aliphatic carbocycles. The molecule has 1 fully saturated rings. The van der Waals surface area contributed by atoms with E-state index in [1.807, 2.05) is 42.5 Å². The highest BCUT2D eigenvalue weighted by Crippen LogP contribution is 2.45. The van der Waals surface area contributed by atoms with Crippen molar-refractivity contribution in [2.24, 2.45) is 0 Å². The van der Waals surface area contributed by atoms with Gasteiger partial charge in [-0.15, -0.1) is 0 Å². The van der Waals surface area contributed by atoms with Crippen molar-refractivity contribution < 1.29 is 14.3 Å². The van der Waals surface area contributed by atoms with Gasteiger partial charge in [-0.3, -0.25) is 4.79 Å². The van der Waals surface area contributed by atoms with Gasteiger partial charge < -0.3 is 25.0 Å². The van der Waals surface area contributed by atoms with E-state index in [1.54, 1.807) is 19.1 Å². The average Bonchev–Trinajstić information content (AvgIpc) is 3.04. The molecular formula is C23H25ClN4O3. The molecule has 1 aromatic heterocycles. The van der Waals surface area contributed by atoms with Crippen LogP contribution < -0.4 is 20.1 Å². The van der Waals surface area contributed by atoms with Crippen LogP contribution in [0.1, 0.15) is 6.42 Å². The minimum atomic E-state index is -0.419. The van der Waals surface area contributed by atoms with Crippen LogP contribution in [0.25, 0.3) is 22.0 Å². The van der Waals surface area contributed by atoms with E-state index in [2.05, 4.69) is 4.90 Å². The average molecular weight is 441 g/mol. The number of halogens is 1. The Morgan fingerprint density at radius 1 is 1.06 bits per heavy atom. The number of carbonyl (C=O) groups is 1. The molecule has 8 heteroatoms. The van der Waals surface area contributed by atoms with E-state index in [1.165, 1.54) is 0 Å². The zero-order chi connectivity index (χ0) is 22.0. The fraction of sp³-hybridized carbons (Fsp3) is 0.304. The van der Waals surface area contributed by atoms with Gasteiger partial charge in [0.25, 0.3) is 0 Å². The number of rotatable bonds is 4. The first-order chi connectivity index (χ1) is 15.0. The number of hydrogen-bond acceptors (Lipinski definition) is 6. The number of nitrogen functional groups attached to an aromatic ring is 1. The standard InChI is InChI=1S/C23H25ClN4O3/c1-30-18-14-17-21(20(22(18)31-2)15-7-4-3-5-8-15)16(25)13-19(26-17)27-9-6-10-28(12-11-27)23(24)29/h3-5,7-8,13-14H,6,9-12H2,1-2H3,(H2,25,26). The number of aromatic nitrogens is 1.